The van der Waals surface area contributed by atoms with E-state index in [-0.39, 0.29) is 0 Å². The summed E-state index contributed by atoms with van der Waals surface area (Å²) >= 11 is 2.13. The lowest BCUT2D eigenvalue weighted by Gasteiger charge is -2.03. The first-order valence-electron chi connectivity index (χ1n) is 17.4. The topological polar surface area (TPSA) is 0 Å². The van der Waals surface area contributed by atoms with Crippen LogP contribution in [-0.4, -0.2) is 0 Å². The maximum Gasteiger partial charge on any atom is 0.00773 e. The molecule has 0 unspecified atom stereocenters. The Bertz CT molecular complexity index is 571. The highest BCUT2D eigenvalue weighted by molar-refractivity contribution is 7.12. The number of hydrogen-bond donors (Lipinski definition) is 0. The second-order valence-corrected chi connectivity index (χ2v) is 13.4. The molecular formula is C36H68S. The van der Waals surface area contributed by atoms with Gasteiger partial charge in [0, 0.05) is 9.75 Å². The highest BCUT2D eigenvalue weighted by Crippen LogP contribution is 2.26. The van der Waals surface area contributed by atoms with Crippen molar-refractivity contribution in [3.8, 4) is 0 Å². The van der Waals surface area contributed by atoms with Crippen LogP contribution < -0.4 is 0 Å². The normalized spacial score (nSPS) is 11.5. The predicted molar refractivity (Wildman–Crippen MR) is 172 cm³/mol. The van der Waals surface area contributed by atoms with Crippen LogP contribution in [0.25, 0.3) is 0 Å². The molecule has 0 aromatic carbocycles. The van der Waals surface area contributed by atoms with E-state index in [1.807, 2.05) is 0 Å². The zero-order valence-corrected chi connectivity index (χ0v) is 26.8. The third-order valence-electron chi connectivity index (χ3n) is 8.36. The van der Waals surface area contributed by atoms with E-state index in [9.17, 15) is 0 Å². The highest BCUT2D eigenvalue weighted by atomic mass is 32.1. The molecule has 0 fully saturated rings. The molecule has 0 aliphatic rings. The molecule has 0 aliphatic heterocycles. The molecule has 0 spiro atoms. The number of aryl methyl sites for hydroxylation is 3. The van der Waals surface area contributed by atoms with E-state index in [0.717, 1.165) is 0 Å². The van der Waals surface area contributed by atoms with E-state index in [1.165, 1.54) is 186 Å². The maximum absolute atomic E-state index is 2.50. The Hall–Kier alpha value is -0.300. The number of rotatable bonds is 29. The second-order valence-electron chi connectivity index (χ2n) is 12.2. The molecule has 0 amide bonds. The molecule has 1 heteroatoms. The lowest BCUT2D eigenvalue weighted by molar-refractivity contribution is 0.529. The van der Waals surface area contributed by atoms with Gasteiger partial charge in [0.1, 0.15) is 0 Å². The first kappa shape index (κ1) is 34.7. The Morgan fingerprint density at radius 2 is 0.703 bits per heavy atom. The Balaban J connectivity index is 1.88. The van der Waals surface area contributed by atoms with Gasteiger partial charge in [-0.15, -0.1) is 11.3 Å². The Labute approximate surface area is 239 Å². The number of thiophene rings is 1. The van der Waals surface area contributed by atoms with Crippen molar-refractivity contribution < 1.29 is 0 Å². The molecule has 0 nitrogen and oxygen atoms in total. The van der Waals surface area contributed by atoms with Crippen LogP contribution in [0.4, 0.5) is 0 Å². The van der Waals surface area contributed by atoms with Gasteiger partial charge in [-0.25, -0.2) is 0 Å². The summed E-state index contributed by atoms with van der Waals surface area (Å²) in [4.78, 5) is 3.34. The van der Waals surface area contributed by atoms with Crippen LogP contribution in [-0.2, 0) is 12.8 Å². The molecule has 0 aliphatic carbocycles. The molecule has 37 heavy (non-hydrogen) atoms. The number of unbranched alkanes of at least 4 members (excludes halogenated alkanes) is 25. The summed E-state index contributed by atoms with van der Waals surface area (Å²) in [6, 6.07) is 2.50. The zero-order chi connectivity index (χ0) is 26.7. The summed E-state index contributed by atoms with van der Waals surface area (Å²) in [5, 5.41) is 0. The Kier molecular flexibility index (Phi) is 25.6. The van der Waals surface area contributed by atoms with Crippen molar-refractivity contribution in [3.63, 3.8) is 0 Å². The lowest BCUT2D eigenvalue weighted by Crippen LogP contribution is -1.86. The average Bonchev–Trinajstić information content (AvgIpc) is 3.26. The van der Waals surface area contributed by atoms with Gasteiger partial charge in [-0.05, 0) is 44.2 Å². The maximum atomic E-state index is 2.50. The highest BCUT2D eigenvalue weighted by Gasteiger charge is 2.06. The van der Waals surface area contributed by atoms with Crippen molar-refractivity contribution >= 4 is 11.3 Å². The summed E-state index contributed by atoms with van der Waals surface area (Å²) in [6.45, 7) is 6.96. The van der Waals surface area contributed by atoms with Gasteiger partial charge >= 0.3 is 0 Å². The van der Waals surface area contributed by atoms with E-state index in [2.05, 4.69) is 38.2 Å². The molecule has 0 saturated carbocycles. The van der Waals surface area contributed by atoms with Gasteiger partial charge in [-0.2, -0.15) is 0 Å². The molecule has 1 aromatic heterocycles. The monoisotopic (exact) mass is 533 g/mol. The van der Waals surface area contributed by atoms with E-state index >= 15 is 0 Å². The van der Waals surface area contributed by atoms with Crippen LogP contribution in [0, 0.1) is 6.92 Å². The fraction of sp³-hybridized carbons (Fsp3) is 0.889. The van der Waals surface area contributed by atoms with E-state index < -0.39 is 0 Å². The fourth-order valence-corrected chi connectivity index (χ4v) is 7.02. The van der Waals surface area contributed by atoms with Crippen LogP contribution in [0.5, 0.6) is 0 Å². The van der Waals surface area contributed by atoms with Gasteiger partial charge < -0.3 is 0 Å². The minimum absolute atomic E-state index is 1.32. The molecule has 0 radical (unpaired) electrons. The summed E-state index contributed by atoms with van der Waals surface area (Å²) in [7, 11) is 0. The van der Waals surface area contributed by atoms with E-state index in [4.69, 9.17) is 0 Å². The van der Waals surface area contributed by atoms with Crippen LogP contribution in [0.1, 0.15) is 203 Å². The van der Waals surface area contributed by atoms with Crippen LogP contribution in [0.2, 0.25) is 0 Å². The third kappa shape index (κ3) is 22.2. The van der Waals surface area contributed by atoms with Gasteiger partial charge in [-0.3, -0.25) is 0 Å². The van der Waals surface area contributed by atoms with Gasteiger partial charge in [0.15, 0.2) is 0 Å². The van der Waals surface area contributed by atoms with Gasteiger partial charge in [0.2, 0.25) is 0 Å². The van der Waals surface area contributed by atoms with Crippen molar-refractivity contribution in [1.29, 1.82) is 0 Å². The van der Waals surface area contributed by atoms with Crippen molar-refractivity contribution in [2.45, 2.75) is 207 Å². The molecule has 0 atom stereocenters. The Morgan fingerprint density at radius 1 is 0.405 bits per heavy atom. The lowest BCUT2D eigenvalue weighted by atomic mass is 10.0. The summed E-state index contributed by atoms with van der Waals surface area (Å²) in [5.74, 6) is 0. The molecular weight excluding hydrogens is 464 g/mol. The Morgan fingerprint density at radius 3 is 1.05 bits per heavy atom. The van der Waals surface area contributed by atoms with E-state index in [1.54, 1.807) is 15.3 Å². The molecule has 1 heterocycles. The van der Waals surface area contributed by atoms with E-state index in [0.29, 0.717) is 0 Å². The fourth-order valence-electron chi connectivity index (χ4n) is 5.76. The summed E-state index contributed by atoms with van der Waals surface area (Å²) < 4.78 is 0. The molecule has 0 bridgehead atoms. The van der Waals surface area contributed by atoms with Gasteiger partial charge in [0.25, 0.3) is 0 Å². The standard InChI is InChI=1S/C36H68S/c1-4-6-8-10-12-14-16-17-18-19-20-22-23-25-27-29-31-35-33-34(3)36(37-35)32-30-28-26-24-21-15-13-11-9-7-5-2/h33H,4-32H2,1-3H3. The SMILES string of the molecule is CCCCCCCCCCCCCCCCCCc1cc(C)c(CCCCCCCCCCCCC)s1. The smallest absolute Gasteiger partial charge is 0.00773 e. The molecule has 0 N–H and O–H groups in total. The van der Waals surface area contributed by atoms with Crippen LogP contribution in [0.15, 0.2) is 6.07 Å². The predicted octanol–water partition coefficient (Wildman–Crippen LogP) is 13.7. The van der Waals surface area contributed by atoms with Crippen molar-refractivity contribution in [1.82, 2.24) is 0 Å². The minimum atomic E-state index is 1.32. The average molecular weight is 533 g/mol. The summed E-state index contributed by atoms with van der Waals surface area (Å²) in [5.41, 5.74) is 1.57. The van der Waals surface area contributed by atoms with Crippen molar-refractivity contribution in [2.75, 3.05) is 0 Å². The van der Waals surface area contributed by atoms with Gasteiger partial charge in [-0.1, -0.05) is 174 Å². The molecule has 0 saturated heterocycles. The number of hydrogen-bond acceptors (Lipinski definition) is 1. The van der Waals surface area contributed by atoms with Crippen LogP contribution >= 0.6 is 11.3 Å². The first-order chi connectivity index (χ1) is 18.3. The zero-order valence-electron chi connectivity index (χ0n) is 26.0. The largest absolute Gasteiger partial charge is 0.145 e. The van der Waals surface area contributed by atoms with Crippen LogP contribution in [0.3, 0.4) is 0 Å². The second kappa shape index (κ2) is 27.3. The molecule has 218 valence electrons. The molecule has 1 rings (SSSR count). The van der Waals surface area contributed by atoms with Crippen molar-refractivity contribution in [2.24, 2.45) is 0 Å². The first-order valence-corrected chi connectivity index (χ1v) is 18.2. The quantitative estimate of drug-likeness (QED) is 0.0900. The van der Waals surface area contributed by atoms with Crippen molar-refractivity contribution in [3.05, 3.63) is 21.4 Å². The third-order valence-corrected chi connectivity index (χ3v) is 9.71. The molecule has 1 aromatic rings. The van der Waals surface area contributed by atoms with Gasteiger partial charge in [0.05, 0.1) is 0 Å². The summed E-state index contributed by atoms with van der Waals surface area (Å²) in [6.07, 6.45) is 41.8. The minimum Gasteiger partial charge on any atom is -0.145 e.